The summed E-state index contributed by atoms with van der Waals surface area (Å²) in [6.07, 6.45) is 1.45. The lowest BCUT2D eigenvalue weighted by atomic mass is 10.00. The fourth-order valence-corrected chi connectivity index (χ4v) is 3.56. The van der Waals surface area contributed by atoms with Crippen molar-refractivity contribution in [2.24, 2.45) is 0 Å². The topological polar surface area (TPSA) is 149 Å². The van der Waals surface area contributed by atoms with Gasteiger partial charge in [-0.1, -0.05) is 28.9 Å². The Morgan fingerprint density at radius 1 is 1.22 bits per heavy atom. The van der Waals surface area contributed by atoms with Gasteiger partial charge < -0.3 is 19.1 Å². The number of amides is 3. The zero-order chi connectivity index (χ0) is 26.5. The van der Waals surface area contributed by atoms with Crippen LogP contribution < -0.4 is 15.5 Å². The minimum atomic E-state index is -0.712. The maximum absolute atomic E-state index is 15.0. The fourth-order valence-electron chi connectivity index (χ4n) is 3.30. The Morgan fingerprint density at radius 3 is 2.68 bits per heavy atom. The number of halogens is 2. The van der Waals surface area contributed by atoms with E-state index in [1.807, 2.05) is 0 Å². The number of carbonyl (C=O) groups is 2. The number of hydrogen-bond donors (Lipinski definition) is 2. The number of pyridine rings is 1. The van der Waals surface area contributed by atoms with Crippen LogP contribution in [0.2, 0.25) is 5.02 Å². The molecule has 0 aliphatic carbocycles. The van der Waals surface area contributed by atoms with Crippen molar-refractivity contribution in [1.29, 1.82) is 0 Å². The molecule has 0 aliphatic rings. The van der Waals surface area contributed by atoms with Gasteiger partial charge in [-0.2, -0.15) is 4.98 Å². The molecule has 0 atom stereocenters. The summed E-state index contributed by atoms with van der Waals surface area (Å²) in [6, 6.07) is 6.97. The molecule has 37 heavy (non-hydrogen) atoms. The van der Waals surface area contributed by atoms with E-state index in [0.29, 0.717) is 27.6 Å². The summed E-state index contributed by atoms with van der Waals surface area (Å²) in [5.74, 6) is -0.790. The number of ether oxygens (including phenoxy) is 1. The average molecular weight is 530 g/mol. The van der Waals surface area contributed by atoms with E-state index in [-0.39, 0.29) is 36.2 Å². The summed E-state index contributed by atoms with van der Waals surface area (Å²) in [5.41, 5.74) is 3.82. The molecule has 0 saturated heterocycles. The van der Waals surface area contributed by atoms with Crippen LogP contribution in [0.3, 0.4) is 0 Å². The first kappa shape index (κ1) is 25.6. The van der Waals surface area contributed by atoms with E-state index in [0.717, 1.165) is 5.01 Å². The normalized spacial score (nSPS) is 10.7. The summed E-state index contributed by atoms with van der Waals surface area (Å²) < 4.78 is 29.7. The third-order valence-corrected chi connectivity index (χ3v) is 5.43. The highest BCUT2D eigenvalue weighted by Crippen LogP contribution is 2.36. The molecule has 0 aliphatic heterocycles. The van der Waals surface area contributed by atoms with E-state index in [4.69, 9.17) is 25.4 Å². The Morgan fingerprint density at radius 2 is 2.03 bits per heavy atom. The molecule has 0 fully saturated rings. The standard InChI is InChI=1S/C23H21ClFN7O5/c1-4-32(29-22(33)18-9-19(35-3)30-37-18)23(34)27-11-17-16(25)8-13(10-26-17)14-6-5-7-15(24)20(14)21-28-12(2)36-31-21/h5-10H,4,11H2,1-3H3,(H,27,34)(H,29,33). The van der Waals surface area contributed by atoms with Crippen molar-refractivity contribution in [1.82, 2.24) is 36.0 Å². The predicted molar refractivity (Wildman–Crippen MR) is 128 cm³/mol. The van der Waals surface area contributed by atoms with Crippen molar-refractivity contribution in [3.63, 3.8) is 0 Å². The van der Waals surface area contributed by atoms with Crippen molar-refractivity contribution in [3.8, 4) is 28.4 Å². The minimum absolute atomic E-state index is 0.0153. The van der Waals surface area contributed by atoms with Gasteiger partial charge in [0, 0.05) is 30.8 Å². The summed E-state index contributed by atoms with van der Waals surface area (Å²) in [4.78, 5) is 33.2. The highest BCUT2D eigenvalue weighted by atomic mass is 35.5. The van der Waals surface area contributed by atoms with Gasteiger partial charge in [0.15, 0.2) is 0 Å². The molecule has 3 amide bonds. The molecule has 0 spiro atoms. The van der Waals surface area contributed by atoms with E-state index < -0.39 is 17.8 Å². The number of hydrazine groups is 1. The van der Waals surface area contributed by atoms with Crippen LogP contribution >= 0.6 is 11.6 Å². The van der Waals surface area contributed by atoms with Crippen molar-refractivity contribution in [3.05, 3.63) is 64.7 Å². The van der Waals surface area contributed by atoms with Crippen LogP contribution in [0.5, 0.6) is 5.88 Å². The molecule has 3 aromatic heterocycles. The summed E-state index contributed by atoms with van der Waals surface area (Å²) in [5, 5.41) is 11.3. The summed E-state index contributed by atoms with van der Waals surface area (Å²) >= 11 is 6.37. The molecule has 4 aromatic rings. The second-order valence-electron chi connectivity index (χ2n) is 7.53. The SMILES string of the molecule is CCN(NC(=O)c1cc(OC)no1)C(=O)NCc1ncc(-c2cccc(Cl)c2-c2noc(C)n2)cc1F. The second-order valence-corrected chi connectivity index (χ2v) is 7.94. The van der Waals surface area contributed by atoms with E-state index in [2.05, 4.69) is 31.0 Å². The zero-order valence-corrected chi connectivity index (χ0v) is 20.7. The minimum Gasteiger partial charge on any atom is -0.479 e. The number of rotatable bonds is 7. The largest absolute Gasteiger partial charge is 0.479 e. The van der Waals surface area contributed by atoms with Crippen molar-refractivity contribution in [2.45, 2.75) is 20.4 Å². The van der Waals surface area contributed by atoms with Crippen molar-refractivity contribution in [2.75, 3.05) is 13.7 Å². The van der Waals surface area contributed by atoms with E-state index in [1.165, 1.54) is 25.4 Å². The third kappa shape index (κ3) is 5.67. The van der Waals surface area contributed by atoms with Gasteiger partial charge in [-0.3, -0.25) is 15.2 Å². The third-order valence-electron chi connectivity index (χ3n) is 5.12. The van der Waals surface area contributed by atoms with E-state index in [9.17, 15) is 14.0 Å². The Balaban J connectivity index is 1.46. The molecule has 192 valence electrons. The Hall–Kier alpha value is -4.52. The molecule has 1 aromatic carbocycles. The maximum Gasteiger partial charge on any atom is 0.336 e. The van der Waals surface area contributed by atoms with Crippen molar-refractivity contribution < 1.29 is 27.8 Å². The molecular weight excluding hydrogens is 509 g/mol. The number of nitrogens with zero attached hydrogens (tertiary/aromatic N) is 5. The Bertz CT molecular complexity index is 1440. The number of aryl methyl sites for hydroxylation is 1. The first-order chi connectivity index (χ1) is 17.8. The molecular formula is C23H21ClFN7O5. The number of benzene rings is 1. The lowest BCUT2D eigenvalue weighted by molar-refractivity contribution is 0.0793. The Kier molecular flexibility index (Phi) is 7.63. The van der Waals surface area contributed by atoms with Crippen LogP contribution in [0, 0.1) is 12.7 Å². The van der Waals surface area contributed by atoms with Gasteiger partial charge in [0.05, 0.1) is 30.4 Å². The number of urea groups is 1. The van der Waals surface area contributed by atoms with Gasteiger partial charge in [-0.25, -0.2) is 14.2 Å². The highest BCUT2D eigenvalue weighted by molar-refractivity contribution is 6.34. The summed E-state index contributed by atoms with van der Waals surface area (Å²) in [7, 11) is 1.37. The van der Waals surface area contributed by atoms with Gasteiger partial charge in [-0.05, 0) is 29.8 Å². The monoisotopic (exact) mass is 529 g/mol. The summed E-state index contributed by atoms with van der Waals surface area (Å²) in [6.45, 7) is 3.17. The van der Waals surface area contributed by atoms with Crippen LogP contribution in [0.15, 0.2) is 45.6 Å². The molecule has 4 rings (SSSR count). The molecule has 3 heterocycles. The van der Waals surface area contributed by atoms with Crippen LogP contribution in [0.1, 0.15) is 29.1 Å². The average Bonchev–Trinajstić information content (AvgIpc) is 3.55. The smallest absolute Gasteiger partial charge is 0.336 e. The van der Waals surface area contributed by atoms with Crippen LogP contribution in [0.4, 0.5) is 9.18 Å². The van der Waals surface area contributed by atoms with Gasteiger partial charge in [0.2, 0.25) is 17.5 Å². The molecule has 14 heteroatoms. The number of carbonyl (C=O) groups excluding carboxylic acids is 2. The molecule has 0 saturated carbocycles. The molecule has 2 N–H and O–H groups in total. The lowest BCUT2D eigenvalue weighted by Crippen LogP contribution is -2.50. The van der Waals surface area contributed by atoms with Crippen LogP contribution in [-0.2, 0) is 6.54 Å². The molecule has 0 radical (unpaired) electrons. The number of methoxy groups -OCH3 is 1. The second kappa shape index (κ2) is 11.0. The first-order valence-corrected chi connectivity index (χ1v) is 11.3. The van der Waals surface area contributed by atoms with Crippen LogP contribution in [-0.4, -0.2) is 50.9 Å². The van der Waals surface area contributed by atoms with Crippen molar-refractivity contribution >= 4 is 23.5 Å². The number of nitrogens with one attached hydrogen (secondary N) is 2. The lowest BCUT2D eigenvalue weighted by Gasteiger charge is -2.21. The van der Waals surface area contributed by atoms with E-state index >= 15 is 0 Å². The highest BCUT2D eigenvalue weighted by Gasteiger charge is 2.21. The fraction of sp³-hybridized carbons (Fsp3) is 0.217. The van der Waals surface area contributed by atoms with Crippen LogP contribution in [0.25, 0.3) is 22.5 Å². The van der Waals surface area contributed by atoms with E-state index in [1.54, 1.807) is 32.0 Å². The Labute approximate surface area is 214 Å². The molecule has 0 bridgehead atoms. The van der Waals surface area contributed by atoms with Gasteiger partial charge >= 0.3 is 11.9 Å². The quantitative estimate of drug-likeness (QED) is 0.341. The first-order valence-electron chi connectivity index (χ1n) is 10.9. The van der Waals surface area contributed by atoms with Gasteiger partial charge in [0.1, 0.15) is 5.82 Å². The molecule has 12 nitrogen and oxygen atoms in total. The number of aromatic nitrogens is 4. The molecule has 0 unspecified atom stereocenters. The van der Waals surface area contributed by atoms with Gasteiger partial charge in [-0.15, -0.1) is 0 Å². The zero-order valence-electron chi connectivity index (χ0n) is 19.9. The maximum atomic E-state index is 15.0. The number of hydrogen-bond acceptors (Lipinski definition) is 9. The van der Waals surface area contributed by atoms with Gasteiger partial charge in [0.25, 0.3) is 5.88 Å². The predicted octanol–water partition coefficient (Wildman–Crippen LogP) is 3.77.